The van der Waals surface area contributed by atoms with Gasteiger partial charge in [-0.1, -0.05) is 0 Å². The van der Waals surface area contributed by atoms with Gasteiger partial charge in [-0.2, -0.15) is 0 Å². The van der Waals surface area contributed by atoms with Crippen LogP contribution in [-0.4, -0.2) is 41.5 Å². The highest BCUT2D eigenvalue weighted by Crippen LogP contribution is 2.22. The Bertz CT molecular complexity index is 538. The zero-order valence-electron chi connectivity index (χ0n) is 11.0. The molecule has 0 fully saturated rings. The highest BCUT2D eigenvalue weighted by atomic mass is 15.1. The first-order chi connectivity index (χ1) is 8.56. The number of likely N-dealkylation sites (N-methyl/N-ethyl adjacent to an activating group) is 1. The molecule has 0 radical (unpaired) electrons. The van der Waals surface area contributed by atoms with Crippen molar-refractivity contribution >= 4 is 22.4 Å². The summed E-state index contributed by atoms with van der Waals surface area (Å²) in [7, 11) is 4.10. The van der Waals surface area contributed by atoms with Crippen molar-refractivity contribution in [1.82, 2.24) is 14.9 Å². The van der Waals surface area contributed by atoms with Gasteiger partial charge in [-0.25, -0.2) is 9.97 Å². The van der Waals surface area contributed by atoms with Gasteiger partial charge >= 0.3 is 0 Å². The second kappa shape index (κ2) is 5.18. The number of nitrogens with zero attached hydrogens (tertiary/aromatic N) is 3. The van der Waals surface area contributed by atoms with E-state index in [1.54, 1.807) is 6.33 Å². The van der Waals surface area contributed by atoms with Crippen molar-refractivity contribution in [3.8, 4) is 0 Å². The fourth-order valence-corrected chi connectivity index (χ4v) is 2.02. The largest absolute Gasteiger partial charge is 0.399 e. The maximum atomic E-state index is 5.81. The Labute approximate surface area is 107 Å². The lowest BCUT2D eigenvalue weighted by Crippen LogP contribution is -2.30. The van der Waals surface area contributed by atoms with Crippen LogP contribution < -0.4 is 11.1 Å². The number of hydrogen-bond donors (Lipinski definition) is 2. The predicted octanol–water partition coefficient (Wildman–Crippen LogP) is 1.57. The van der Waals surface area contributed by atoms with Crippen LogP contribution in [0.4, 0.5) is 11.5 Å². The molecule has 5 nitrogen and oxygen atoms in total. The van der Waals surface area contributed by atoms with Crippen LogP contribution in [0.3, 0.4) is 0 Å². The van der Waals surface area contributed by atoms with E-state index in [1.807, 2.05) is 32.3 Å². The highest BCUT2D eigenvalue weighted by molar-refractivity contribution is 5.91. The van der Waals surface area contributed by atoms with E-state index in [1.165, 1.54) is 0 Å². The molecular weight excluding hydrogens is 226 g/mol. The van der Waals surface area contributed by atoms with Crippen LogP contribution in [0.5, 0.6) is 0 Å². The van der Waals surface area contributed by atoms with E-state index in [4.69, 9.17) is 5.73 Å². The van der Waals surface area contributed by atoms with E-state index in [0.717, 1.165) is 29.0 Å². The monoisotopic (exact) mass is 245 g/mol. The molecule has 0 saturated heterocycles. The number of nitrogens with two attached hydrogens (primary N) is 1. The van der Waals surface area contributed by atoms with Gasteiger partial charge in [0.2, 0.25) is 0 Å². The van der Waals surface area contributed by atoms with Crippen molar-refractivity contribution in [3.05, 3.63) is 24.5 Å². The molecule has 1 unspecified atom stereocenters. The Hall–Kier alpha value is -1.88. The minimum Gasteiger partial charge on any atom is -0.399 e. The topological polar surface area (TPSA) is 67.1 Å². The van der Waals surface area contributed by atoms with Gasteiger partial charge in [-0.15, -0.1) is 0 Å². The Morgan fingerprint density at radius 2 is 2.11 bits per heavy atom. The quantitative estimate of drug-likeness (QED) is 0.800. The zero-order chi connectivity index (χ0) is 13.1. The maximum absolute atomic E-state index is 5.81. The number of anilines is 2. The van der Waals surface area contributed by atoms with Gasteiger partial charge in [0.05, 0.1) is 5.52 Å². The van der Waals surface area contributed by atoms with Gasteiger partial charge in [-0.3, -0.25) is 0 Å². The molecule has 0 aliphatic heterocycles. The van der Waals surface area contributed by atoms with E-state index in [0.29, 0.717) is 6.04 Å². The Kier molecular flexibility index (Phi) is 3.62. The molecule has 3 N–H and O–H groups in total. The molecule has 5 heteroatoms. The molecule has 2 rings (SSSR count). The SMILES string of the molecule is CC(CN(C)C)Nc1ncnc2ccc(N)cc12. The van der Waals surface area contributed by atoms with Crippen molar-refractivity contribution in [2.45, 2.75) is 13.0 Å². The van der Waals surface area contributed by atoms with E-state index in [-0.39, 0.29) is 0 Å². The molecule has 0 aliphatic carbocycles. The molecule has 0 saturated carbocycles. The molecule has 0 spiro atoms. The lowest BCUT2D eigenvalue weighted by molar-refractivity contribution is 0.392. The van der Waals surface area contributed by atoms with Gasteiger partial charge in [0.1, 0.15) is 12.1 Å². The first-order valence-electron chi connectivity index (χ1n) is 5.98. The van der Waals surface area contributed by atoms with E-state index in [9.17, 15) is 0 Å². The lowest BCUT2D eigenvalue weighted by atomic mass is 10.2. The number of fused-ring (bicyclic) bond motifs is 1. The molecule has 0 aliphatic rings. The van der Waals surface area contributed by atoms with Gasteiger partial charge in [0.25, 0.3) is 0 Å². The van der Waals surface area contributed by atoms with Crippen LogP contribution in [0, 0.1) is 0 Å². The third-order valence-electron chi connectivity index (χ3n) is 2.68. The van der Waals surface area contributed by atoms with Crippen LogP contribution in [0.25, 0.3) is 10.9 Å². The smallest absolute Gasteiger partial charge is 0.137 e. The van der Waals surface area contributed by atoms with Crippen LogP contribution >= 0.6 is 0 Å². The Morgan fingerprint density at radius 1 is 1.33 bits per heavy atom. The Balaban J connectivity index is 2.30. The van der Waals surface area contributed by atoms with Gasteiger partial charge in [0.15, 0.2) is 0 Å². The minimum atomic E-state index is 0.305. The Morgan fingerprint density at radius 3 is 2.83 bits per heavy atom. The molecule has 1 aromatic carbocycles. The third-order valence-corrected chi connectivity index (χ3v) is 2.68. The predicted molar refractivity (Wildman–Crippen MR) is 75.6 cm³/mol. The molecule has 0 amide bonds. The molecule has 18 heavy (non-hydrogen) atoms. The molecular formula is C13H19N5. The minimum absolute atomic E-state index is 0.305. The summed E-state index contributed by atoms with van der Waals surface area (Å²) in [5.74, 6) is 0.835. The van der Waals surface area contributed by atoms with Crippen LogP contribution in [0.2, 0.25) is 0 Å². The first kappa shape index (κ1) is 12.6. The van der Waals surface area contributed by atoms with Crippen LogP contribution in [0.1, 0.15) is 6.92 Å². The number of benzene rings is 1. The van der Waals surface area contributed by atoms with Crippen molar-refractivity contribution in [1.29, 1.82) is 0 Å². The molecule has 1 aromatic heterocycles. The fourth-order valence-electron chi connectivity index (χ4n) is 2.02. The lowest BCUT2D eigenvalue weighted by Gasteiger charge is -2.19. The summed E-state index contributed by atoms with van der Waals surface area (Å²) >= 11 is 0. The summed E-state index contributed by atoms with van der Waals surface area (Å²) in [4.78, 5) is 10.7. The average molecular weight is 245 g/mol. The van der Waals surface area contributed by atoms with Crippen molar-refractivity contribution < 1.29 is 0 Å². The molecule has 1 atom stereocenters. The third kappa shape index (κ3) is 2.87. The van der Waals surface area contributed by atoms with Gasteiger partial charge < -0.3 is 16.0 Å². The first-order valence-corrected chi connectivity index (χ1v) is 5.98. The van der Waals surface area contributed by atoms with Crippen molar-refractivity contribution in [2.24, 2.45) is 0 Å². The standard InChI is InChI=1S/C13H19N5/c1-9(7-18(2)3)17-13-11-6-10(14)4-5-12(11)15-8-16-13/h4-6,8-9H,7,14H2,1-3H3,(H,15,16,17). The summed E-state index contributed by atoms with van der Waals surface area (Å²) < 4.78 is 0. The molecule has 1 heterocycles. The summed E-state index contributed by atoms with van der Waals surface area (Å²) in [6.45, 7) is 3.06. The number of aromatic nitrogens is 2. The van der Waals surface area contributed by atoms with Crippen LogP contribution in [0.15, 0.2) is 24.5 Å². The molecule has 2 aromatic rings. The fraction of sp³-hybridized carbons (Fsp3) is 0.385. The van der Waals surface area contributed by atoms with Gasteiger partial charge in [0, 0.05) is 23.7 Å². The van der Waals surface area contributed by atoms with E-state index in [2.05, 4.69) is 27.1 Å². The van der Waals surface area contributed by atoms with Crippen molar-refractivity contribution in [3.63, 3.8) is 0 Å². The zero-order valence-corrected chi connectivity index (χ0v) is 11.0. The van der Waals surface area contributed by atoms with Crippen molar-refractivity contribution in [2.75, 3.05) is 31.7 Å². The van der Waals surface area contributed by atoms with Crippen LogP contribution in [-0.2, 0) is 0 Å². The summed E-state index contributed by atoms with van der Waals surface area (Å²) in [6, 6.07) is 5.97. The summed E-state index contributed by atoms with van der Waals surface area (Å²) in [6.07, 6.45) is 1.57. The highest BCUT2D eigenvalue weighted by Gasteiger charge is 2.08. The number of rotatable bonds is 4. The van der Waals surface area contributed by atoms with E-state index >= 15 is 0 Å². The van der Waals surface area contributed by atoms with E-state index < -0.39 is 0 Å². The number of nitrogens with one attached hydrogen (secondary N) is 1. The summed E-state index contributed by atoms with van der Waals surface area (Å²) in [5.41, 5.74) is 7.44. The summed E-state index contributed by atoms with van der Waals surface area (Å²) in [5, 5.41) is 4.36. The molecule has 96 valence electrons. The average Bonchev–Trinajstić information content (AvgIpc) is 2.28. The number of hydrogen-bond acceptors (Lipinski definition) is 5. The maximum Gasteiger partial charge on any atom is 0.137 e. The molecule has 0 bridgehead atoms. The second-order valence-electron chi connectivity index (χ2n) is 4.81. The van der Waals surface area contributed by atoms with Gasteiger partial charge in [-0.05, 0) is 39.2 Å². The second-order valence-corrected chi connectivity index (χ2v) is 4.81. The normalized spacial score (nSPS) is 12.9. The number of nitrogen functional groups attached to an aromatic ring is 1.